The van der Waals surface area contributed by atoms with Gasteiger partial charge < -0.3 is 4.52 Å². The van der Waals surface area contributed by atoms with Crippen molar-refractivity contribution in [3.63, 3.8) is 0 Å². The van der Waals surface area contributed by atoms with E-state index in [1.165, 1.54) is 17.4 Å². The Hall–Kier alpha value is -3.46. The van der Waals surface area contributed by atoms with Crippen LogP contribution in [0.25, 0.3) is 27.7 Å². The molecule has 5 rings (SSSR count). The van der Waals surface area contributed by atoms with E-state index in [1.807, 2.05) is 49.6 Å². The Morgan fingerprint density at radius 2 is 1.63 bits per heavy atom. The van der Waals surface area contributed by atoms with E-state index in [9.17, 15) is 9.59 Å². The fourth-order valence-corrected chi connectivity index (χ4v) is 5.10. The molecule has 176 valence electrons. The summed E-state index contributed by atoms with van der Waals surface area (Å²) in [4.78, 5) is 31.1. The molecule has 0 bridgehead atoms. The first-order valence-electron chi connectivity index (χ1n) is 10.6. The molecule has 10 heteroatoms. The number of rotatable bonds is 5. The minimum absolute atomic E-state index is 0.159. The summed E-state index contributed by atoms with van der Waals surface area (Å²) in [6, 6.07) is 15.9. The van der Waals surface area contributed by atoms with Gasteiger partial charge in [-0.15, -0.1) is 11.3 Å². The van der Waals surface area contributed by atoms with Gasteiger partial charge in [0.1, 0.15) is 5.00 Å². The van der Waals surface area contributed by atoms with Crippen molar-refractivity contribution in [3.8, 4) is 27.7 Å². The van der Waals surface area contributed by atoms with Gasteiger partial charge in [-0.1, -0.05) is 58.2 Å². The predicted octanol–water partition coefficient (Wildman–Crippen LogP) is 5.75. The highest BCUT2D eigenvalue weighted by Gasteiger charge is 2.18. The first-order chi connectivity index (χ1) is 16.8. The fraction of sp³-hybridized carbons (Fsp3) is 0.120. The number of thiophene rings is 1. The van der Waals surface area contributed by atoms with E-state index in [2.05, 4.69) is 10.1 Å². The minimum atomic E-state index is -0.493. The van der Waals surface area contributed by atoms with Gasteiger partial charge in [0.25, 0.3) is 11.4 Å². The molecule has 0 saturated carbocycles. The third-order valence-corrected chi connectivity index (χ3v) is 6.82. The van der Waals surface area contributed by atoms with Gasteiger partial charge in [0.15, 0.2) is 5.82 Å². The van der Waals surface area contributed by atoms with Crippen LogP contribution in [0.15, 0.2) is 74.1 Å². The molecule has 0 atom stereocenters. The number of hydrogen-bond acceptors (Lipinski definition) is 6. The number of aromatic nitrogens is 4. The maximum atomic E-state index is 13.6. The number of benzene rings is 2. The second-order valence-electron chi connectivity index (χ2n) is 8.07. The molecule has 0 aliphatic heterocycles. The van der Waals surface area contributed by atoms with Crippen LogP contribution in [0.4, 0.5) is 0 Å². The van der Waals surface area contributed by atoms with Crippen LogP contribution in [-0.4, -0.2) is 19.3 Å². The van der Waals surface area contributed by atoms with Crippen molar-refractivity contribution in [2.24, 2.45) is 0 Å². The van der Waals surface area contributed by atoms with Crippen molar-refractivity contribution in [2.45, 2.75) is 20.4 Å². The molecule has 35 heavy (non-hydrogen) atoms. The Kier molecular flexibility index (Phi) is 6.19. The normalized spacial score (nSPS) is 11.2. The van der Waals surface area contributed by atoms with Gasteiger partial charge in [0.2, 0.25) is 0 Å². The van der Waals surface area contributed by atoms with Gasteiger partial charge in [0, 0.05) is 21.7 Å². The van der Waals surface area contributed by atoms with Gasteiger partial charge in [-0.05, 0) is 54.6 Å². The van der Waals surface area contributed by atoms with Crippen molar-refractivity contribution in [1.29, 1.82) is 0 Å². The molecule has 2 aromatic carbocycles. The van der Waals surface area contributed by atoms with Crippen LogP contribution < -0.4 is 11.2 Å². The average Bonchev–Trinajstić information content (AvgIpc) is 3.45. The van der Waals surface area contributed by atoms with Crippen LogP contribution in [0.5, 0.6) is 0 Å². The van der Waals surface area contributed by atoms with E-state index in [1.54, 1.807) is 22.8 Å². The summed E-state index contributed by atoms with van der Waals surface area (Å²) in [6.45, 7) is 3.78. The van der Waals surface area contributed by atoms with Crippen LogP contribution in [0.2, 0.25) is 10.0 Å². The lowest BCUT2D eigenvalue weighted by atomic mass is 10.1. The Bertz CT molecular complexity index is 1650. The van der Waals surface area contributed by atoms with Gasteiger partial charge in [-0.2, -0.15) is 4.98 Å². The summed E-state index contributed by atoms with van der Waals surface area (Å²) in [7, 11) is 0. The summed E-state index contributed by atoms with van der Waals surface area (Å²) in [5.74, 6) is 0.357. The van der Waals surface area contributed by atoms with Crippen molar-refractivity contribution in [3.05, 3.63) is 108 Å². The molecule has 3 heterocycles. The van der Waals surface area contributed by atoms with Crippen molar-refractivity contribution in [2.75, 3.05) is 0 Å². The second kappa shape index (κ2) is 9.30. The Morgan fingerprint density at radius 1 is 0.914 bits per heavy atom. The van der Waals surface area contributed by atoms with E-state index in [-0.39, 0.29) is 18.3 Å². The largest absolute Gasteiger partial charge is 0.337 e. The van der Waals surface area contributed by atoms with Crippen LogP contribution in [0.1, 0.15) is 17.0 Å². The van der Waals surface area contributed by atoms with Crippen molar-refractivity contribution in [1.82, 2.24) is 19.3 Å². The number of aryl methyl sites for hydroxylation is 2. The molecular formula is C25H18Cl2N4O3S. The van der Waals surface area contributed by atoms with E-state index in [4.69, 9.17) is 27.7 Å². The van der Waals surface area contributed by atoms with Crippen LogP contribution in [0, 0.1) is 13.8 Å². The Balaban J connectivity index is 1.60. The lowest BCUT2D eigenvalue weighted by Crippen LogP contribution is -2.39. The van der Waals surface area contributed by atoms with Gasteiger partial charge >= 0.3 is 5.69 Å². The zero-order valence-corrected chi connectivity index (χ0v) is 21.0. The van der Waals surface area contributed by atoms with Crippen molar-refractivity contribution < 1.29 is 4.52 Å². The molecule has 0 aliphatic carbocycles. The van der Waals surface area contributed by atoms with Gasteiger partial charge in [-0.25, -0.2) is 4.79 Å². The number of halogens is 2. The third kappa shape index (κ3) is 4.73. The minimum Gasteiger partial charge on any atom is -0.334 e. The van der Waals surface area contributed by atoms with Crippen LogP contribution in [0.3, 0.4) is 0 Å². The average molecular weight is 525 g/mol. The second-order valence-corrected chi connectivity index (χ2v) is 9.84. The standard InChI is InChI=1S/C25H18Cl2N4O3S/c1-14-3-5-16(6-4-14)20-11-22(32)30(25(33)31(20)23-7-15(2)13-35-23)12-21-28-24(34-29-21)17-8-18(26)10-19(27)9-17/h3-11,13H,12H2,1-2H3. The summed E-state index contributed by atoms with van der Waals surface area (Å²) < 4.78 is 7.97. The zero-order chi connectivity index (χ0) is 24.7. The molecule has 0 saturated heterocycles. The van der Waals surface area contributed by atoms with Gasteiger partial charge in [0.05, 0.1) is 12.2 Å². The molecular weight excluding hydrogens is 507 g/mol. The van der Waals surface area contributed by atoms with E-state index in [0.717, 1.165) is 21.3 Å². The van der Waals surface area contributed by atoms with Crippen molar-refractivity contribution >= 4 is 34.5 Å². The van der Waals surface area contributed by atoms with Gasteiger partial charge in [-0.3, -0.25) is 13.9 Å². The molecule has 5 aromatic rings. The summed E-state index contributed by atoms with van der Waals surface area (Å²) in [5, 5.41) is 7.45. The summed E-state index contributed by atoms with van der Waals surface area (Å²) >= 11 is 13.6. The van der Waals surface area contributed by atoms with E-state index < -0.39 is 11.2 Å². The molecule has 0 radical (unpaired) electrons. The molecule has 0 fully saturated rings. The zero-order valence-electron chi connectivity index (χ0n) is 18.7. The summed E-state index contributed by atoms with van der Waals surface area (Å²) in [6.07, 6.45) is 0. The molecule has 7 nitrogen and oxygen atoms in total. The van der Waals surface area contributed by atoms with Crippen LogP contribution in [-0.2, 0) is 6.54 Å². The highest BCUT2D eigenvalue weighted by Crippen LogP contribution is 2.27. The third-order valence-electron chi connectivity index (χ3n) is 5.35. The lowest BCUT2D eigenvalue weighted by Gasteiger charge is -2.14. The maximum absolute atomic E-state index is 13.6. The fourth-order valence-electron chi connectivity index (χ4n) is 3.66. The Labute approximate surface area is 213 Å². The molecule has 0 unspecified atom stereocenters. The lowest BCUT2D eigenvalue weighted by molar-refractivity contribution is 0.419. The van der Waals surface area contributed by atoms with Crippen LogP contribution >= 0.6 is 34.5 Å². The highest BCUT2D eigenvalue weighted by atomic mass is 35.5. The quantitative estimate of drug-likeness (QED) is 0.292. The SMILES string of the molecule is Cc1ccc(-c2cc(=O)n(Cc3noc(-c4cc(Cl)cc(Cl)c4)n3)c(=O)n2-c2cc(C)cs2)cc1. The van der Waals surface area contributed by atoms with E-state index in [0.29, 0.717) is 26.3 Å². The highest BCUT2D eigenvalue weighted by molar-refractivity contribution is 7.12. The number of hydrogen-bond donors (Lipinski definition) is 0. The topological polar surface area (TPSA) is 82.9 Å². The number of nitrogens with zero attached hydrogens (tertiary/aromatic N) is 4. The van der Waals surface area contributed by atoms with E-state index >= 15 is 0 Å². The molecule has 0 spiro atoms. The first kappa shape index (κ1) is 23.3. The molecule has 0 aliphatic rings. The Morgan fingerprint density at radius 3 is 2.29 bits per heavy atom. The summed E-state index contributed by atoms with van der Waals surface area (Å²) in [5.41, 5.74) is 2.96. The maximum Gasteiger partial charge on any atom is 0.337 e. The molecule has 0 amide bonds. The molecule has 3 aromatic heterocycles. The monoisotopic (exact) mass is 524 g/mol. The molecule has 0 N–H and O–H groups in total. The first-order valence-corrected chi connectivity index (χ1v) is 12.2. The smallest absolute Gasteiger partial charge is 0.334 e. The predicted molar refractivity (Wildman–Crippen MR) is 138 cm³/mol.